The number of nitrogens with zero attached hydrogens (tertiary/aromatic N) is 1. The number of nitro benzene ring substituents is 1. The molecule has 3 aromatic rings. The third-order valence-electron chi connectivity index (χ3n) is 4.37. The molecule has 160 valence electrons. The topological polar surface area (TPSA) is 118 Å². The van der Waals surface area contributed by atoms with Crippen LogP contribution in [-0.4, -0.2) is 25.3 Å². The van der Waals surface area contributed by atoms with Crippen LogP contribution < -0.4 is 10.0 Å². The van der Waals surface area contributed by atoms with Crippen molar-refractivity contribution in [2.45, 2.75) is 17.4 Å². The van der Waals surface area contributed by atoms with Crippen LogP contribution in [0.4, 0.5) is 11.4 Å². The highest BCUT2D eigenvalue weighted by molar-refractivity contribution is 7.89. The fourth-order valence-electron chi connectivity index (χ4n) is 2.80. The van der Waals surface area contributed by atoms with Gasteiger partial charge in [-0.3, -0.25) is 14.9 Å². The number of sulfonamides is 1. The van der Waals surface area contributed by atoms with E-state index < -0.39 is 26.9 Å². The summed E-state index contributed by atoms with van der Waals surface area (Å²) in [7, 11) is -4.01. The number of rotatable bonds is 8. The van der Waals surface area contributed by atoms with Crippen molar-refractivity contribution in [3.63, 3.8) is 0 Å². The van der Waals surface area contributed by atoms with Gasteiger partial charge in [-0.05, 0) is 48.4 Å². The lowest BCUT2D eigenvalue weighted by molar-refractivity contribution is -0.384. The lowest BCUT2D eigenvalue weighted by Crippen LogP contribution is -2.45. The number of nitrogens with one attached hydrogen (secondary N) is 2. The molecule has 2 N–H and O–H groups in total. The zero-order valence-corrected chi connectivity index (χ0v) is 17.6. The quantitative estimate of drug-likeness (QED) is 0.392. The number of anilines is 1. The van der Waals surface area contributed by atoms with Gasteiger partial charge >= 0.3 is 0 Å². The number of benzene rings is 3. The third kappa shape index (κ3) is 6.11. The smallest absolute Gasteiger partial charge is 0.269 e. The number of carbonyl (C=O) groups excluding carboxylic acids is 1. The van der Waals surface area contributed by atoms with E-state index in [1.807, 2.05) is 6.07 Å². The normalized spacial score (nSPS) is 12.2. The molecule has 31 heavy (non-hydrogen) atoms. The Morgan fingerprint density at radius 2 is 1.58 bits per heavy atom. The van der Waals surface area contributed by atoms with Gasteiger partial charge in [0, 0.05) is 22.8 Å². The average molecular weight is 460 g/mol. The zero-order valence-electron chi connectivity index (χ0n) is 16.1. The first-order valence-corrected chi connectivity index (χ1v) is 11.0. The van der Waals surface area contributed by atoms with Crippen molar-refractivity contribution in [3.8, 4) is 0 Å². The maximum atomic E-state index is 12.9. The molecule has 10 heteroatoms. The Balaban J connectivity index is 1.83. The predicted octanol–water partition coefficient (Wildman–Crippen LogP) is 3.78. The summed E-state index contributed by atoms with van der Waals surface area (Å²) in [6, 6.07) is 18.7. The molecule has 0 saturated carbocycles. The molecular formula is C21H18ClN3O5S. The van der Waals surface area contributed by atoms with Crippen LogP contribution in [0.2, 0.25) is 5.02 Å². The first-order valence-electron chi connectivity index (χ1n) is 9.12. The molecule has 1 amide bonds. The lowest BCUT2D eigenvalue weighted by atomic mass is 10.1. The minimum Gasteiger partial charge on any atom is -0.325 e. The summed E-state index contributed by atoms with van der Waals surface area (Å²) in [4.78, 5) is 23.1. The second-order valence-electron chi connectivity index (χ2n) is 6.61. The van der Waals surface area contributed by atoms with E-state index in [0.717, 1.165) is 5.56 Å². The summed E-state index contributed by atoms with van der Waals surface area (Å²) < 4.78 is 28.1. The fourth-order valence-corrected chi connectivity index (χ4v) is 4.12. The summed E-state index contributed by atoms with van der Waals surface area (Å²) in [6.07, 6.45) is 0.104. The fraction of sp³-hybridized carbons (Fsp3) is 0.0952. The van der Waals surface area contributed by atoms with Gasteiger partial charge in [-0.2, -0.15) is 4.72 Å². The molecule has 0 aromatic heterocycles. The number of hydrogen-bond acceptors (Lipinski definition) is 5. The van der Waals surface area contributed by atoms with Crippen LogP contribution in [-0.2, 0) is 21.2 Å². The number of non-ortho nitro benzene ring substituents is 1. The highest BCUT2D eigenvalue weighted by Gasteiger charge is 2.26. The van der Waals surface area contributed by atoms with E-state index in [9.17, 15) is 23.3 Å². The highest BCUT2D eigenvalue weighted by Crippen LogP contribution is 2.18. The minimum absolute atomic E-state index is 0.0295. The van der Waals surface area contributed by atoms with Crippen molar-refractivity contribution in [3.05, 3.63) is 99.6 Å². The van der Waals surface area contributed by atoms with Crippen molar-refractivity contribution >= 4 is 38.9 Å². The largest absolute Gasteiger partial charge is 0.325 e. The Hall–Kier alpha value is -3.27. The molecule has 0 bridgehead atoms. The average Bonchev–Trinajstić information content (AvgIpc) is 2.74. The summed E-state index contributed by atoms with van der Waals surface area (Å²) in [5, 5.41) is 13.8. The van der Waals surface area contributed by atoms with E-state index in [-0.39, 0.29) is 17.0 Å². The Labute approximate surface area is 184 Å². The van der Waals surface area contributed by atoms with E-state index in [0.29, 0.717) is 10.7 Å². The molecule has 3 aromatic carbocycles. The van der Waals surface area contributed by atoms with Gasteiger partial charge in [0.15, 0.2) is 0 Å². The maximum absolute atomic E-state index is 12.9. The van der Waals surface area contributed by atoms with E-state index in [4.69, 9.17) is 11.6 Å². The van der Waals surface area contributed by atoms with Gasteiger partial charge in [-0.25, -0.2) is 8.42 Å². The van der Waals surface area contributed by atoms with Gasteiger partial charge < -0.3 is 5.32 Å². The molecule has 0 aliphatic carbocycles. The van der Waals surface area contributed by atoms with Crippen LogP contribution >= 0.6 is 11.6 Å². The molecule has 3 rings (SSSR count). The lowest BCUT2D eigenvalue weighted by Gasteiger charge is -2.19. The molecular weight excluding hydrogens is 442 g/mol. The van der Waals surface area contributed by atoms with Gasteiger partial charge in [-0.15, -0.1) is 0 Å². The summed E-state index contributed by atoms with van der Waals surface area (Å²) in [5.41, 5.74) is 0.937. The van der Waals surface area contributed by atoms with Crippen LogP contribution in [0.1, 0.15) is 5.56 Å². The predicted molar refractivity (Wildman–Crippen MR) is 117 cm³/mol. The Morgan fingerprint density at radius 1 is 0.968 bits per heavy atom. The number of halogens is 1. The first kappa shape index (κ1) is 22.4. The van der Waals surface area contributed by atoms with Gasteiger partial charge in [-0.1, -0.05) is 41.9 Å². The highest BCUT2D eigenvalue weighted by atomic mass is 35.5. The Kier molecular flexibility index (Phi) is 7.01. The third-order valence-corrected chi connectivity index (χ3v) is 6.11. The summed E-state index contributed by atoms with van der Waals surface area (Å²) in [6.45, 7) is 0. The number of amides is 1. The van der Waals surface area contributed by atoms with Crippen molar-refractivity contribution in [1.29, 1.82) is 0 Å². The molecule has 0 saturated heterocycles. The van der Waals surface area contributed by atoms with Crippen LogP contribution in [0.3, 0.4) is 0 Å². The van der Waals surface area contributed by atoms with E-state index in [1.54, 1.807) is 24.3 Å². The molecule has 8 nitrogen and oxygen atoms in total. The van der Waals surface area contributed by atoms with Gasteiger partial charge in [0.25, 0.3) is 5.69 Å². The molecule has 1 unspecified atom stereocenters. The van der Waals surface area contributed by atoms with Gasteiger partial charge in [0.2, 0.25) is 15.9 Å². The van der Waals surface area contributed by atoms with Gasteiger partial charge in [0.05, 0.1) is 9.82 Å². The van der Waals surface area contributed by atoms with Crippen LogP contribution in [0.5, 0.6) is 0 Å². The second-order valence-corrected chi connectivity index (χ2v) is 8.76. The first-order chi connectivity index (χ1) is 14.7. The standard InChI is InChI=1S/C21H18ClN3O5S/c22-16-6-12-19(13-7-16)31(29,30)24-20(14-15-4-2-1-3-5-15)21(26)23-17-8-10-18(11-9-17)25(27)28/h1-13,20,24H,14H2,(H,23,26). The van der Waals surface area contributed by atoms with Crippen LogP contribution in [0.25, 0.3) is 0 Å². The zero-order chi connectivity index (χ0) is 22.4. The number of hydrogen-bond donors (Lipinski definition) is 2. The monoisotopic (exact) mass is 459 g/mol. The molecule has 0 heterocycles. The number of carbonyl (C=O) groups is 1. The number of nitro groups is 1. The van der Waals surface area contributed by atoms with E-state index in [2.05, 4.69) is 10.0 Å². The SMILES string of the molecule is O=C(Nc1ccc([N+](=O)[O-])cc1)C(Cc1ccccc1)NS(=O)(=O)c1ccc(Cl)cc1. The molecule has 0 aliphatic rings. The Morgan fingerprint density at radius 3 is 2.16 bits per heavy atom. The molecule has 1 atom stereocenters. The molecule has 0 aliphatic heterocycles. The van der Waals surface area contributed by atoms with Gasteiger partial charge in [0.1, 0.15) is 6.04 Å². The molecule has 0 spiro atoms. The molecule has 0 fully saturated rings. The van der Waals surface area contributed by atoms with Crippen molar-refractivity contribution < 1.29 is 18.1 Å². The minimum atomic E-state index is -4.01. The van der Waals surface area contributed by atoms with E-state index in [1.165, 1.54) is 48.5 Å². The van der Waals surface area contributed by atoms with Crippen molar-refractivity contribution in [2.24, 2.45) is 0 Å². The van der Waals surface area contributed by atoms with Crippen molar-refractivity contribution in [2.75, 3.05) is 5.32 Å². The van der Waals surface area contributed by atoms with Crippen molar-refractivity contribution in [1.82, 2.24) is 4.72 Å². The second kappa shape index (κ2) is 9.69. The summed E-state index contributed by atoms with van der Waals surface area (Å²) >= 11 is 5.82. The molecule has 0 radical (unpaired) electrons. The van der Waals surface area contributed by atoms with Crippen LogP contribution in [0.15, 0.2) is 83.8 Å². The summed E-state index contributed by atoms with van der Waals surface area (Å²) in [5.74, 6) is -0.602. The Bertz CT molecular complexity index is 1170. The van der Waals surface area contributed by atoms with E-state index >= 15 is 0 Å². The van der Waals surface area contributed by atoms with Crippen LogP contribution in [0, 0.1) is 10.1 Å². The maximum Gasteiger partial charge on any atom is 0.269 e.